The van der Waals surface area contributed by atoms with Crippen molar-refractivity contribution in [1.82, 2.24) is 10.2 Å². The summed E-state index contributed by atoms with van der Waals surface area (Å²) >= 11 is 0. The zero-order valence-electron chi connectivity index (χ0n) is 12.4. The summed E-state index contributed by atoms with van der Waals surface area (Å²) in [6.45, 7) is 9.25. The number of ether oxygens (including phenoxy) is 1. The number of hydrogen-bond acceptors (Lipinski definition) is 3. The van der Waals surface area contributed by atoms with E-state index < -0.39 is 0 Å². The van der Waals surface area contributed by atoms with Gasteiger partial charge in [-0.15, -0.1) is 0 Å². The molecule has 106 valence electrons. The molecule has 0 amide bonds. The van der Waals surface area contributed by atoms with E-state index in [0.29, 0.717) is 11.6 Å². The second-order valence-corrected chi connectivity index (χ2v) is 6.52. The minimum atomic E-state index is 0.291. The van der Waals surface area contributed by atoms with Crippen molar-refractivity contribution in [1.29, 1.82) is 0 Å². The van der Waals surface area contributed by atoms with E-state index in [0.717, 1.165) is 12.5 Å². The van der Waals surface area contributed by atoms with Crippen LogP contribution in [-0.2, 0) is 4.74 Å². The molecule has 0 radical (unpaired) electrons. The van der Waals surface area contributed by atoms with Crippen LogP contribution in [0.2, 0.25) is 0 Å². The molecule has 18 heavy (non-hydrogen) atoms. The smallest absolute Gasteiger partial charge is 0.0644 e. The van der Waals surface area contributed by atoms with Gasteiger partial charge in [0.25, 0.3) is 0 Å². The predicted molar refractivity (Wildman–Crippen MR) is 75.9 cm³/mol. The number of nitrogens with one attached hydrogen (secondary N) is 1. The van der Waals surface area contributed by atoms with Crippen molar-refractivity contribution < 1.29 is 4.74 Å². The normalized spacial score (nSPS) is 31.3. The molecular formula is C15H30N2O. The highest BCUT2D eigenvalue weighted by Crippen LogP contribution is 2.32. The van der Waals surface area contributed by atoms with Gasteiger partial charge in [0.2, 0.25) is 0 Å². The molecule has 2 rings (SSSR count). The second-order valence-electron chi connectivity index (χ2n) is 6.52. The van der Waals surface area contributed by atoms with Gasteiger partial charge in [-0.2, -0.15) is 0 Å². The Morgan fingerprint density at radius 1 is 1.33 bits per heavy atom. The summed E-state index contributed by atoms with van der Waals surface area (Å²) in [4.78, 5) is 2.61. The molecule has 2 saturated heterocycles. The summed E-state index contributed by atoms with van der Waals surface area (Å²) in [5.74, 6) is 0.890. The molecule has 0 bridgehead atoms. The minimum Gasteiger partial charge on any atom is -0.383 e. The third-order valence-corrected chi connectivity index (χ3v) is 4.81. The topological polar surface area (TPSA) is 24.5 Å². The van der Waals surface area contributed by atoms with Crippen LogP contribution < -0.4 is 5.32 Å². The first-order valence-electron chi connectivity index (χ1n) is 7.63. The summed E-state index contributed by atoms with van der Waals surface area (Å²) in [5.41, 5.74) is 0.291. The number of hydrogen-bond donors (Lipinski definition) is 1. The van der Waals surface area contributed by atoms with Gasteiger partial charge < -0.3 is 15.0 Å². The lowest BCUT2D eigenvalue weighted by atomic mass is 9.81. The first-order chi connectivity index (χ1) is 8.65. The van der Waals surface area contributed by atoms with E-state index in [1.807, 2.05) is 7.11 Å². The molecule has 2 aliphatic heterocycles. The number of nitrogens with zero attached hydrogens (tertiary/aromatic N) is 1. The van der Waals surface area contributed by atoms with Crippen LogP contribution in [0.15, 0.2) is 0 Å². The van der Waals surface area contributed by atoms with Crippen molar-refractivity contribution in [3.63, 3.8) is 0 Å². The monoisotopic (exact) mass is 254 g/mol. The predicted octanol–water partition coefficient (Wildman–Crippen LogP) is 2.27. The number of likely N-dealkylation sites (tertiary alicyclic amines) is 1. The van der Waals surface area contributed by atoms with Gasteiger partial charge in [0.15, 0.2) is 0 Å². The van der Waals surface area contributed by atoms with Crippen molar-refractivity contribution in [3.05, 3.63) is 0 Å². The zero-order chi connectivity index (χ0) is 13.0. The molecule has 3 heteroatoms. The summed E-state index contributed by atoms with van der Waals surface area (Å²) < 4.78 is 5.46. The van der Waals surface area contributed by atoms with Gasteiger partial charge in [0.05, 0.1) is 6.61 Å². The molecule has 1 unspecified atom stereocenters. The highest BCUT2D eigenvalue weighted by atomic mass is 16.5. The molecule has 0 aliphatic carbocycles. The largest absolute Gasteiger partial charge is 0.383 e. The number of piperidine rings is 1. The third kappa shape index (κ3) is 3.46. The van der Waals surface area contributed by atoms with Crippen LogP contribution in [0, 0.1) is 5.92 Å². The van der Waals surface area contributed by atoms with Crippen LogP contribution in [0.5, 0.6) is 0 Å². The lowest BCUT2D eigenvalue weighted by molar-refractivity contribution is 0.0803. The Labute approximate surface area is 112 Å². The molecule has 0 saturated carbocycles. The van der Waals surface area contributed by atoms with E-state index in [4.69, 9.17) is 4.74 Å². The fraction of sp³-hybridized carbons (Fsp3) is 1.00. The van der Waals surface area contributed by atoms with Crippen LogP contribution in [0.25, 0.3) is 0 Å². The molecule has 1 atom stereocenters. The fourth-order valence-electron chi connectivity index (χ4n) is 3.73. The first kappa shape index (κ1) is 14.3. The molecule has 2 heterocycles. The molecule has 0 spiro atoms. The van der Waals surface area contributed by atoms with Crippen LogP contribution in [-0.4, -0.2) is 49.8 Å². The van der Waals surface area contributed by atoms with E-state index in [9.17, 15) is 0 Å². The van der Waals surface area contributed by atoms with Crippen molar-refractivity contribution in [3.8, 4) is 0 Å². The Kier molecular flexibility index (Phi) is 5.05. The lowest BCUT2D eigenvalue weighted by Crippen LogP contribution is -2.47. The van der Waals surface area contributed by atoms with E-state index in [2.05, 4.69) is 24.1 Å². The van der Waals surface area contributed by atoms with Gasteiger partial charge in [-0.25, -0.2) is 0 Å². The van der Waals surface area contributed by atoms with Crippen molar-refractivity contribution in [2.45, 2.75) is 57.5 Å². The van der Waals surface area contributed by atoms with Crippen LogP contribution >= 0.6 is 0 Å². The van der Waals surface area contributed by atoms with Crippen LogP contribution in [0.1, 0.15) is 46.0 Å². The molecular weight excluding hydrogens is 224 g/mol. The molecule has 3 nitrogen and oxygen atoms in total. The van der Waals surface area contributed by atoms with E-state index in [1.165, 1.54) is 51.7 Å². The first-order valence-corrected chi connectivity index (χ1v) is 7.63. The maximum atomic E-state index is 5.46. The van der Waals surface area contributed by atoms with Crippen LogP contribution in [0.3, 0.4) is 0 Å². The average molecular weight is 254 g/mol. The van der Waals surface area contributed by atoms with Gasteiger partial charge in [0.1, 0.15) is 0 Å². The highest BCUT2D eigenvalue weighted by Gasteiger charge is 2.36. The van der Waals surface area contributed by atoms with Crippen molar-refractivity contribution in [2.75, 3.05) is 33.4 Å². The highest BCUT2D eigenvalue weighted by molar-refractivity contribution is 4.95. The molecule has 0 aromatic carbocycles. The molecule has 1 N–H and O–H groups in total. The standard InChI is InChI=1S/C15H30N2O/c1-13(2)17-9-5-14(6-10-17)11-15(12-18-3)7-4-8-16-15/h13-14,16H,4-12H2,1-3H3. The van der Waals surface area contributed by atoms with Gasteiger partial charge in [-0.1, -0.05) is 0 Å². The summed E-state index contributed by atoms with van der Waals surface area (Å²) in [6.07, 6.45) is 6.66. The van der Waals surface area contributed by atoms with Gasteiger partial charge in [-0.3, -0.25) is 0 Å². The SMILES string of the molecule is COCC1(CC2CCN(C(C)C)CC2)CCCN1. The Balaban J connectivity index is 1.82. The molecule has 0 aromatic heterocycles. The van der Waals surface area contributed by atoms with Crippen LogP contribution in [0.4, 0.5) is 0 Å². The Hall–Kier alpha value is -0.120. The Bertz CT molecular complexity index is 241. The second kappa shape index (κ2) is 6.36. The lowest BCUT2D eigenvalue weighted by Gasteiger charge is -2.39. The molecule has 0 aromatic rings. The molecule has 2 aliphatic rings. The van der Waals surface area contributed by atoms with E-state index >= 15 is 0 Å². The third-order valence-electron chi connectivity index (χ3n) is 4.81. The Morgan fingerprint density at radius 2 is 2.06 bits per heavy atom. The molecule has 2 fully saturated rings. The average Bonchev–Trinajstić information content (AvgIpc) is 2.79. The van der Waals surface area contributed by atoms with Gasteiger partial charge in [0, 0.05) is 18.7 Å². The summed E-state index contributed by atoms with van der Waals surface area (Å²) in [7, 11) is 1.84. The number of rotatable bonds is 5. The van der Waals surface area contributed by atoms with E-state index in [1.54, 1.807) is 0 Å². The minimum absolute atomic E-state index is 0.291. The van der Waals surface area contributed by atoms with Crippen molar-refractivity contribution >= 4 is 0 Å². The van der Waals surface area contributed by atoms with E-state index in [-0.39, 0.29) is 0 Å². The Morgan fingerprint density at radius 3 is 2.56 bits per heavy atom. The summed E-state index contributed by atoms with van der Waals surface area (Å²) in [5, 5.41) is 3.71. The van der Waals surface area contributed by atoms with Gasteiger partial charge >= 0.3 is 0 Å². The summed E-state index contributed by atoms with van der Waals surface area (Å²) in [6, 6.07) is 0.712. The fourth-order valence-corrected chi connectivity index (χ4v) is 3.73. The van der Waals surface area contributed by atoms with Crippen molar-refractivity contribution in [2.24, 2.45) is 5.92 Å². The maximum absolute atomic E-state index is 5.46. The maximum Gasteiger partial charge on any atom is 0.0644 e. The number of methoxy groups -OCH3 is 1. The quantitative estimate of drug-likeness (QED) is 0.814. The zero-order valence-corrected chi connectivity index (χ0v) is 12.4. The van der Waals surface area contributed by atoms with Gasteiger partial charge in [-0.05, 0) is 71.5 Å².